The van der Waals surface area contributed by atoms with Gasteiger partial charge in [-0.05, 0) is 6.26 Å². The second-order valence-corrected chi connectivity index (χ2v) is 6.12. The third-order valence-corrected chi connectivity index (χ3v) is 4.30. The van der Waals surface area contributed by atoms with Gasteiger partial charge in [0.2, 0.25) is 17.7 Å². The van der Waals surface area contributed by atoms with Crippen molar-refractivity contribution < 1.29 is 19.5 Å². The van der Waals surface area contributed by atoms with Crippen molar-refractivity contribution in [3.8, 4) is 5.88 Å². The van der Waals surface area contributed by atoms with E-state index in [2.05, 4.69) is 0 Å². The van der Waals surface area contributed by atoms with Gasteiger partial charge in [-0.2, -0.15) is 0 Å². The van der Waals surface area contributed by atoms with Gasteiger partial charge >= 0.3 is 11.7 Å². The van der Waals surface area contributed by atoms with Crippen molar-refractivity contribution >= 4 is 34.7 Å². The summed E-state index contributed by atoms with van der Waals surface area (Å²) in [6.45, 7) is 4.00. The van der Waals surface area contributed by atoms with Crippen LogP contribution in [-0.2, 0) is 23.7 Å². The minimum Gasteiger partial charge on any atom is -0.494 e. The van der Waals surface area contributed by atoms with Crippen LogP contribution in [0.2, 0.25) is 0 Å². The van der Waals surface area contributed by atoms with Crippen molar-refractivity contribution in [1.82, 2.24) is 18.9 Å². The van der Waals surface area contributed by atoms with E-state index < -0.39 is 35.0 Å². The van der Waals surface area contributed by atoms with E-state index in [1.165, 1.54) is 28.2 Å². The van der Waals surface area contributed by atoms with E-state index in [4.69, 9.17) is 5.41 Å². The van der Waals surface area contributed by atoms with Crippen LogP contribution in [0.3, 0.4) is 0 Å². The van der Waals surface area contributed by atoms with E-state index in [1.54, 1.807) is 6.26 Å². The highest BCUT2D eigenvalue weighted by atomic mass is 32.2. The summed E-state index contributed by atoms with van der Waals surface area (Å²) in [5, 5.41) is 17.0. The van der Waals surface area contributed by atoms with E-state index in [9.17, 15) is 29.1 Å². The number of hydrogen-bond donors (Lipinski definition) is 2. The normalized spacial score (nSPS) is 13.5. The molecule has 2 heterocycles. The minimum atomic E-state index is -0.657. The molecule has 156 valence electrons. The molecule has 12 heteroatoms. The standard InChI is InChI=1S/C8H11N3O3S.C6H8N2O3.C2H6/c1-10-6(12)4(5(9)15-3)7(13)11(2)8(10)14;1-7-4(9)3-5(10)8(2)6(7)11;1-2/h9,12H,1-3H3;3H2,1-2H3;1-2H3. The quantitative estimate of drug-likeness (QED) is 0.371. The van der Waals surface area contributed by atoms with Crippen LogP contribution in [0.5, 0.6) is 5.88 Å². The smallest absolute Gasteiger partial charge is 0.333 e. The first kappa shape index (κ1) is 25.1. The van der Waals surface area contributed by atoms with Gasteiger partial charge in [-0.25, -0.2) is 9.59 Å². The Balaban J connectivity index is 0.000000497. The summed E-state index contributed by atoms with van der Waals surface area (Å²) in [5.74, 6) is -1.36. The van der Waals surface area contributed by atoms with Gasteiger partial charge in [-0.15, -0.1) is 11.8 Å². The summed E-state index contributed by atoms with van der Waals surface area (Å²) in [4.78, 5) is 57.4. The molecule has 0 atom stereocenters. The molecule has 1 aromatic rings. The fourth-order valence-electron chi connectivity index (χ4n) is 1.94. The highest BCUT2D eigenvalue weighted by Crippen LogP contribution is 2.14. The fraction of sp³-hybridized carbons (Fsp3) is 0.500. The van der Waals surface area contributed by atoms with Crippen molar-refractivity contribution in [2.24, 2.45) is 14.1 Å². The predicted octanol–water partition coefficient (Wildman–Crippen LogP) is -0.0689. The molecule has 0 spiro atoms. The highest BCUT2D eigenvalue weighted by molar-refractivity contribution is 8.13. The van der Waals surface area contributed by atoms with Gasteiger partial charge in [0.15, 0.2) is 0 Å². The second-order valence-electron chi connectivity index (χ2n) is 5.30. The zero-order valence-electron chi connectivity index (χ0n) is 16.9. The molecule has 2 N–H and O–H groups in total. The second kappa shape index (κ2) is 10.4. The molecule has 0 bridgehead atoms. The Morgan fingerprint density at radius 2 is 1.36 bits per heavy atom. The monoisotopic (exact) mass is 415 g/mol. The Kier molecular flexibility index (Phi) is 9.37. The Bertz CT molecular complexity index is 882. The number of nitrogens with zero attached hydrogens (tertiary/aromatic N) is 4. The van der Waals surface area contributed by atoms with Crippen molar-refractivity contribution in [3.63, 3.8) is 0 Å². The molecular weight excluding hydrogens is 390 g/mol. The van der Waals surface area contributed by atoms with Crippen LogP contribution in [0.4, 0.5) is 4.79 Å². The highest BCUT2D eigenvalue weighted by Gasteiger charge is 2.32. The Hall–Kier alpha value is -2.89. The summed E-state index contributed by atoms with van der Waals surface area (Å²) in [6.07, 6.45) is 1.41. The summed E-state index contributed by atoms with van der Waals surface area (Å²) >= 11 is 1.02. The van der Waals surface area contributed by atoms with Crippen molar-refractivity contribution in [1.29, 1.82) is 5.41 Å². The van der Waals surface area contributed by atoms with Crippen molar-refractivity contribution in [3.05, 3.63) is 26.4 Å². The van der Waals surface area contributed by atoms with Crippen molar-refractivity contribution in [2.75, 3.05) is 20.4 Å². The van der Waals surface area contributed by atoms with Gasteiger partial charge in [-0.3, -0.25) is 38.7 Å². The first-order valence-electron chi connectivity index (χ1n) is 8.14. The lowest BCUT2D eigenvalue weighted by Crippen LogP contribution is -2.51. The minimum absolute atomic E-state index is 0.0660. The van der Waals surface area contributed by atoms with Crippen LogP contribution in [-0.4, -0.2) is 67.3 Å². The molecule has 1 saturated heterocycles. The third kappa shape index (κ3) is 5.09. The Morgan fingerprint density at radius 3 is 1.75 bits per heavy atom. The molecule has 4 amide bonds. The van der Waals surface area contributed by atoms with Crippen LogP contribution in [0, 0.1) is 5.41 Å². The number of hydrogen-bond acceptors (Lipinski definition) is 8. The molecule has 0 saturated carbocycles. The summed E-state index contributed by atoms with van der Waals surface area (Å²) in [5.41, 5.74) is -1.42. The average molecular weight is 415 g/mol. The van der Waals surface area contributed by atoms with Crippen molar-refractivity contribution in [2.45, 2.75) is 20.3 Å². The maximum atomic E-state index is 11.6. The van der Waals surface area contributed by atoms with Gasteiger partial charge in [0.05, 0.1) is 0 Å². The van der Waals surface area contributed by atoms with E-state index in [-0.39, 0.29) is 17.0 Å². The SMILES string of the molecule is CC.CN1C(=O)CC(=O)N(C)C1=O.CSC(=N)c1c(O)n(C)c(=O)n(C)c1=O. The molecule has 1 fully saturated rings. The van der Waals surface area contributed by atoms with Gasteiger partial charge in [0.25, 0.3) is 5.56 Å². The van der Waals surface area contributed by atoms with Crippen LogP contribution < -0.4 is 11.2 Å². The molecule has 1 aliphatic heterocycles. The number of urea groups is 1. The van der Waals surface area contributed by atoms with Crippen LogP contribution in [0.25, 0.3) is 0 Å². The number of thioether (sulfide) groups is 1. The molecular formula is C16H25N5O6S. The van der Waals surface area contributed by atoms with Gasteiger partial charge in [0, 0.05) is 28.2 Å². The number of amides is 4. The van der Waals surface area contributed by atoms with Crippen LogP contribution in [0.1, 0.15) is 25.8 Å². The Labute approximate surface area is 166 Å². The number of barbiturate groups is 1. The van der Waals surface area contributed by atoms with E-state index in [1.807, 2.05) is 13.8 Å². The molecule has 0 unspecified atom stereocenters. The lowest BCUT2D eigenvalue weighted by Gasteiger charge is -2.26. The zero-order chi connectivity index (χ0) is 22.3. The zero-order valence-corrected chi connectivity index (χ0v) is 17.7. The summed E-state index contributed by atoms with van der Waals surface area (Å²) < 4.78 is 1.79. The van der Waals surface area contributed by atoms with Crippen LogP contribution in [0.15, 0.2) is 9.59 Å². The van der Waals surface area contributed by atoms with E-state index in [0.717, 1.165) is 30.7 Å². The molecule has 1 aliphatic rings. The topological polar surface area (TPSA) is 146 Å². The molecule has 1 aromatic heterocycles. The maximum absolute atomic E-state index is 11.6. The van der Waals surface area contributed by atoms with Crippen LogP contribution >= 0.6 is 11.8 Å². The molecule has 11 nitrogen and oxygen atoms in total. The first-order chi connectivity index (χ1) is 12.9. The molecule has 0 radical (unpaired) electrons. The molecule has 0 aliphatic carbocycles. The average Bonchev–Trinajstić information content (AvgIpc) is 2.69. The summed E-state index contributed by atoms with van der Waals surface area (Å²) in [6, 6.07) is -0.564. The van der Waals surface area contributed by atoms with E-state index >= 15 is 0 Å². The number of imide groups is 2. The first-order valence-corrected chi connectivity index (χ1v) is 9.37. The largest absolute Gasteiger partial charge is 0.494 e. The van der Waals surface area contributed by atoms with Gasteiger partial charge < -0.3 is 5.11 Å². The van der Waals surface area contributed by atoms with Gasteiger partial charge in [0.1, 0.15) is 17.0 Å². The number of aromatic nitrogens is 2. The summed E-state index contributed by atoms with van der Waals surface area (Å²) in [7, 11) is 5.36. The molecule has 0 aromatic carbocycles. The third-order valence-electron chi connectivity index (χ3n) is 3.69. The fourth-order valence-corrected chi connectivity index (χ4v) is 2.32. The van der Waals surface area contributed by atoms with Gasteiger partial charge in [-0.1, -0.05) is 13.8 Å². The lowest BCUT2D eigenvalue weighted by atomic mass is 10.3. The number of rotatable bonds is 1. The number of nitrogens with one attached hydrogen (secondary N) is 1. The predicted molar refractivity (Wildman–Crippen MR) is 106 cm³/mol. The maximum Gasteiger partial charge on any atom is 0.333 e. The number of carbonyl (C=O) groups is 3. The van der Waals surface area contributed by atoms with E-state index in [0.29, 0.717) is 0 Å². The lowest BCUT2D eigenvalue weighted by molar-refractivity contribution is -0.140. The molecule has 2 rings (SSSR count). The number of carbonyl (C=O) groups excluding carboxylic acids is 3. The number of aromatic hydroxyl groups is 1. The molecule has 28 heavy (non-hydrogen) atoms. The Morgan fingerprint density at radius 1 is 0.929 bits per heavy atom.